The van der Waals surface area contributed by atoms with E-state index in [1.165, 1.54) is 9.80 Å². The number of anilines is 2. The number of phenols is 1. The topological polar surface area (TPSA) is 112 Å². The first-order valence-electron chi connectivity index (χ1n) is 18.0. The van der Waals surface area contributed by atoms with E-state index < -0.39 is 46.8 Å². The summed E-state index contributed by atoms with van der Waals surface area (Å²) in [7, 11) is 0. The van der Waals surface area contributed by atoms with Crippen molar-refractivity contribution >= 4 is 52.4 Å². The second-order valence-corrected chi connectivity index (χ2v) is 14.9. The predicted molar refractivity (Wildman–Crippen MR) is 203 cm³/mol. The first-order valence-corrected chi connectivity index (χ1v) is 18.3. The molecule has 4 amide bonds. The molecule has 8 nitrogen and oxygen atoms in total. The number of carbonyl (C=O) groups excluding carboxylic acids is 5. The fraction of sp³-hybridized carbons (Fsp3) is 0.178. The van der Waals surface area contributed by atoms with Gasteiger partial charge >= 0.3 is 0 Å². The summed E-state index contributed by atoms with van der Waals surface area (Å²) in [5.41, 5.74) is 2.48. The molecule has 1 N–H and O–H groups in total. The zero-order valence-electron chi connectivity index (χ0n) is 28.8. The average Bonchev–Trinajstić information content (AvgIpc) is 3.59. The number of halogens is 1. The van der Waals surface area contributed by atoms with Crippen molar-refractivity contribution in [1.82, 2.24) is 0 Å². The Labute approximate surface area is 316 Å². The van der Waals surface area contributed by atoms with Crippen LogP contribution in [0, 0.1) is 23.7 Å². The summed E-state index contributed by atoms with van der Waals surface area (Å²) in [6.45, 7) is 0. The van der Waals surface area contributed by atoms with Gasteiger partial charge in [0.05, 0.1) is 34.5 Å². The number of hydrogen-bond donors (Lipinski definition) is 1. The Bertz CT molecular complexity index is 2390. The molecule has 2 aliphatic heterocycles. The number of nitrogens with zero attached hydrogens (tertiary/aromatic N) is 2. The van der Waals surface area contributed by atoms with Crippen LogP contribution >= 0.6 is 11.6 Å². The van der Waals surface area contributed by atoms with E-state index in [1.807, 2.05) is 42.5 Å². The Morgan fingerprint density at radius 2 is 1.33 bits per heavy atom. The number of amides is 4. The van der Waals surface area contributed by atoms with Crippen LogP contribution in [0.2, 0.25) is 5.02 Å². The fourth-order valence-electron chi connectivity index (χ4n) is 9.56. The van der Waals surface area contributed by atoms with Gasteiger partial charge in [-0.15, -0.1) is 0 Å². The van der Waals surface area contributed by atoms with Crippen molar-refractivity contribution in [2.24, 2.45) is 23.7 Å². The molecule has 54 heavy (non-hydrogen) atoms. The van der Waals surface area contributed by atoms with Gasteiger partial charge in [0.25, 0.3) is 0 Å². The molecule has 3 fully saturated rings. The molecule has 9 heteroatoms. The Kier molecular flexibility index (Phi) is 7.97. The molecule has 4 aliphatic rings. The molecule has 0 aromatic heterocycles. The molecule has 266 valence electrons. The van der Waals surface area contributed by atoms with Crippen LogP contribution in [0.5, 0.6) is 5.75 Å². The highest BCUT2D eigenvalue weighted by molar-refractivity contribution is 6.32. The number of benzene rings is 5. The number of imide groups is 2. The predicted octanol–water partition coefficient (Wildman–Crippen LogP) is 7.64. The van der Waals surface area contributed by atoms with Gasteiger partial charge in [0.15, 0.2) is 5.78 Å². The molecule has 0 radical (unpaired) electrons. The maximum absolute atomic E-state index is 15.3. The third kappa shape index (κ3) is 4.93. The number of hydrogen-bond acceptors (Lipinski definition) is 6. The lowest BCUT2D eigenvalue weighted by Crippen LogP contribution is -2.53. The molecular weight excluding hydrogens is 700 g/mol. The minimum absolute atomic E-state index is 0.0483. The van der Waals surface area contributed by atoms with Crippen molar-refractivity contribution < 1.29 is 29.1 Å². The normalized spacial score (nSPS) is 25.9. The van der Waals surface area contributed by atoms with Gasteiger partial charge in [-0.2, -0.15) is 0 Å². The van der Waals surface area contributed by atoms with E-state index in [-0.39, 0.29) is 36.2 Å². The average molecular weight is 733 g/mol. The van der Waals surface area contributed by atoms with Gasteiger partial charge in [-0.25, -0.2) is 4.90 Å². The lowest BCUT2D eigenvalue weighted by Gasteiger charge is -2.50. The van der Waals surface area contributed by atoms with Crippen LogP contribution in [-0.4, -0.2) is 34.5 Å². The molecule has 0 spiro atoms. The molecule has 2 heterocycles. The van der Waals surface area contributed by atoms with Gasteiger partial charge in [-0.05, 0) is 84.5 Å². The SMILES string of the molecule is O=C(c1ccccc1)c1ccc(N2C(=O)C3CC=C4C(CC5C(=O)N(c6cccc(Cl)c6)C(=O)C5(c5ccccc5)C4c4ccc(O)cc4)C3C2=O)cc1. The summed E-state index contributed by atoms with van der Waals surface area (Å²) in [5, 5.41) is 10.7. The number of phenolic OH excluding ortho intramolecular Hbond substituents is 1. The van der Waals surface area contributed by atoms with Gasteiger partial charge < -0.3 is 5.11 Å². The van der Waals surface area contributed by atoms with Gasteiger partial charge in [0.1, 0.15) is 5.75 Å². The lowest BCUT2D eigenvalue weighted by molar-refractivity contribution is -0.127. The van der Waals surface area contributed by atoms with Crippen molar-refractivity contribution in [2.45, 2.75) is 24.2 Å². The quantitative estimate of drug-likeness (QED) is 0.109. The van der Waals surface area contributed by atoms with Gasteiger partial charge in [0, 0.05) is 22.1 Å². The molecule has 6 atom stereocenters. The van der Waals surface area contributed by atoms with Crippen molar-refractivity contribution in [3.05, 3.63) is 172 Å². The Balaban J connectivity index is 1.16. The van der Waals surface area contributed by atoms with E-state index in [0.29, 0.717) is 38.7 Å². The first kappa shape index (κ1) is 33.7. The van der Waals surface area contributed by atoms with Crippen molar-refractivity contribution in [3.8, 4) is 5.75 Å². The maximum Gasteiger partial charge on any atom is 0.246 e. The fourth-order valence-corrected chi connectivity index (χ4v) is 9.74. The van der Waals surface area contributed by atoms with E-state index in [4.69, 9.17) is 11.6 Å². The van der Waals surface area contributed by atoms with Gasteiger partial charge in [0.2, 0.25) is 23.6 Å². The van der Waals surface area contributed by atoms with E-state index in [1.54, 1.807) is 97.1 Å². The van der Waals surface area contributed by atoms with E-state index in [0.717, 1.165) is 5.57 Å². The monoisotopic (exact) mass is 732 g/mol. The third-order valence-electron chi connectivity index (χ3n) is 11.8. The molecular formula is C45H33ClN2O6. The number of ketones is 1. The molecule has 1 saturated carbocycles. The molecule has 9 rings (SSSR count). The van der Waals surface area contributed by atoms with E-state index in [9.17, 15) is 24.3 Å². The largest absolute Gasteiger partial charge is 0.508 e. The second-order valence-electron chi connectivity index (χ2n) is 14.4. The zero-order valence-corrected chi connectivity index (χ0v) is 29.6. The smallest absolute Gasteiger partial charge is 0.246 e. The standard InChI is InChI=1S/C45H33ClN2O6/c46-30-12-7-13-32(24-30)48-42(52)37-25-36-34(39(26-16-20-33(49)21-17-26)45(37,44(48)54)29-10-5-2-6-11-29)22-23-35-38(36)43(53)47(41(35)51)31-18-14-28(15-19-31)40(50)27-8-3-1-4-9-27/h1-22,24,35-39,49H,23,25H2. The number of rotatable bonds is 6. The van der Waals surface area contributed by atoms with Crippen LogP contribution in [0.15, 0.2) is 145 Å². The summed E-state index contributed by atoms with van der Waals surface area (Å²) >= 11 is 6.40. The maximum atomic E-state index is 15.3. The van der Waals surface area contributed by atoms with Crippen LogP contribution in [0.3, 0.4) is 0 Å². The summed E-state index contributed by atoms with van der Waals surface area (Å²) in [6, 6.07) is 38.0. The Hall–Kier alpha value is -6.12. The van der Waals surface area contributed by atoms with Crippen molar-refractivity contribution in [3.63, 3.8) is 0 Å². The van der Waals surface area contributed by atoms with Crippen LogP contribution in [0.4, 0.5) is 11.4 Å². The molecule has 5 aromatic rings. The number of fused-ring (bicyclic) bond motifs is 4. The minimum Gasteiger partial charge on any atom is -0.508 e. The Morgan fingerprint density at radius 1 is 0.667 bits per heavy atom. The summed E-state index contributed by atoms with van der Waals surface area (Å²) in [6.07, 6.45) is 2.43. The molecule has 5 aromatic carbocycles. The van der Waals surface area contributed by atoms with Crippen LogP contribution in [0.1, 0.15) is 45.8 Å². The summed E-state index contributed by atoms with van der Waals surface area (Å²) in [4.78, 5) is 74.6. The minimum atomic E-state index is -1.40. The van der Waals surface area contributed by atoms with Crippen LogP contribution in [0.25, 0.3) is 0 Å². The summed E-state index contributed by atoms with van der Waals surface area (Å²) in [5.74, 6) is -5.21. The highest BCUT2D eigenvalue weighted by Crippen LogP contribution is 2.64. The van der Waals surface area contributed by atoms with Crippen molar-refractivity contribution in [2.75, 3.05) is 9.80 Å². The number of carbonyl (C=O) groups is 5. The highest BCUT2D eigenvalue weighted by atomic mass is 35.5. The van der Waals surface area contributed by atoms with Gasteiger partial charge in [-0.3, -0.25) is 28.9 Å². The third-order valence-corrected chi connectivity index (χ3v) is 12.1. The molecule has 2 aliphatic carbocycles. The molecule has 2 saturated heterocycles. The number of aromatic hydroxyl groups is 1. The highest BCUT2D eigenvalue weighted by Gasteiger charge is 2.70. The van der Waals surface area contributed by atoms with E-state index >= 15 is 4.79 Å². The number of allylic oxidation sites excluding steroid dienone is 2. The molecule has 0 bridgehead atoms. The Morgan fingerprint density at radius 3 is 2.02 bits per heavy atom. The first-order chi connectivity index (χ1) is 26.2. The molecule has 6 unspecified atom stereocenters. The van der Waals surface area contributed by atoms with Crippen LogP contribution in [-0.2, 0) is 24.6 Å². The van der Waals surface area contributed by atoms with Crippen LogP contribution < -0.4 is 9.80 Å². The zero-order chi connectivity index (χ0) is 37.3. The van der Waals surface area contributed by atoms with E-state index in [2.05, 4.69) is 0 Å². The lowest BCUT2D eigenvalue weighted by atomic mass is 9.49. The second kappa shape index (κ2) is 12.8. The summed E-state index contributed by atoms with van der Waals surface area (Å²) < 4.78 is 0. The van der Waals surface area contributed by atoms with Gasteiger partial charge in [-0.1, -0.05) is 102 Å². The van der Waals surface area contributed by atoms with Crippen molar-refractivity contribution in [1.29, 1.82) is 0 Å².